The lowest BCUT2D eigenvalue weighted by molar-refractivity contribution is 0.406. The smallest absolute Gasteiger partial charge is 0.141 e. The number of alkyl halides is 1. The number of benzene rings is 1. The van der Waals surface area contributed by atoms with Crippen molar-refractivity contribution in [3.05, 3.63) is 48.3 Å². The molecule has 0 spiro atoms. The van der Waals surface area contributed by atoms with E-state index in [1.807, 2.05) is 6.92 Å². The lowest BCUT2D eigenvalue weighted by Gasteiger charge is -2.14. The molecule has 1 unspecified atom stereocenters. The van der Waals surface area contributed by atoms with E-state index in [0.29, 0.717) is 10.2 Å². The normalized spacial score (nSPS) is 12.5. The van der Waals surface area contributed by atoms with Gasteiger partial charge in [0, 0.05) is 16.5 Å². The van der Waals surface area contributed by atoms with Gasteiger partial charge in [0.1, 0.15) is 11.6 Å². The minimum Gasteiger partial charge on any atom is -0.496 e. The Morgan fingerprint density at radius 3 is 2.47 bits per heavy atom. The largest absolute Gasteiger partial charge is 0.496 e. The molecule has 0 saturated heterocycles. The highest BCUT2D eigenvalue weighted by Crippen LogP contribution is 2.43. The molecule has 1 atom stereocenters. The highest BCUT2D eigenvalue weighted by molar-refractivity contribution is 9.11. The van der Waals surface area contributed by atoms with Gasteiger partial charge in [0.05, 0.1) is 20.2 Å². The molecule has 0 aliphatic carbocycles. The Labute approximate surface area is 140 Å². The van der Waals surface area contributed by atoms with E-state index in [4.69, 9.17) is 4.74 Å². The van der Waals surface area contributed by atoms with Crippen LogP contribution in [0.3, 0.4) is 0 Å². The molecule has 0 aliphatic rings. The van der Waals surface area contributed by atoms with Crippen LogP contribution in [0.2, 0.25) is 0 Å². The van der Waals surface area contributed by atoms with E-state index < -0.39 is 0 Å². The summed E-state index contributed by atoms with van der Waals surface area (Å²) in [5, 5.41) is 0. The molecule has 6 heteroatoms. The van der Waals surface area contributed by atoms with Crippen molar-refractivity contribution in [3.63, 3.8) is 0 Å². The van der Waals surface area contributed by atoms with Gasteiger partial charge in [-0.1, -0.05) is 15.9 Å². The van der Waals surface area contributed by atoms with E-state index in [0.717, 1.165) is 14.2 Å². The molecule has 0 radical (unpaired) electrons. The molecule has 19 heavy (non-hydrogen) atoms. The van der Waals surface area contributed by atoms with Gasteiger partial charge in [0.15, 0.2) is 0 Å². The molecule has 1 aromatic heterocycles. The van der Waals surface area contributed by atoms with Gasteiger partial charge in [-0.15, -0.1) is 11.3 Å². The summed E-state index contributed by atoms with van der Waals surface area (Å²) in [6, 6.07) is 5.24. The Morgan fingerprint density at radius 2 is 1.95 bits per heavy atom. The lowest BCUT2D eigenvalue weighted by Crippen LogP contribution is -1.97. The van der Waals surface area contributed by atoms with Gasteiger partial charge in [0.2, 0.25) is 0 Å². The Kier molecular flexibility index (Phi) is 5.09. The molecule has 102 valence electrons. The lowest BCUT2D eigenvalue weighted by atomic mass is 10.1. The summed E-state index contributed by atoms with van der Waals surface area (Å²) in [5.41, 5.74) is 2.08. The fourth-order valence-electron chi connectivity index (χ4n) is 1.68. The van der Waals surface area contributed by atoms with Gasteiger partial charge in [-0.05, 0) is 56.5 Å². The Morgan fingerprint density at radius 1 is 1.26 bits per heavy atom. The molecular formula is C13H10Br3FOS. The number of thiophene rings is 1. The molecule has 1 heterocycles. The van der Waals surface area contributed by atoms with Crippen molar-refractivity contribution in [2.24, 2.45) is 0 Å². The number of hydrogen-bond acceptors (Lipinski definition) is 2. The molecule has 0 amide bonds. The van der Waals surface area contributed by atoms with Gasteiger partial charge in [0.25, 0.3) is 0 Å². The fraction of sp³-hybridized carbons (Fsp3) is 0.231. The average molecular weight is 473 g/mol. The van der Waals surface area contributed by atoms with Crippen LogP contribution in [0.25, 0.3) is 0 Å². The van der Waals surface area contributed by atoms with Crippen molar-refractivity contribution in [2.45, 2.75) is 11.8 Å². The summed E-state index contributed by atoms with van der Waals surface area (Å²) < 4.78 is 20.3. The first-order valence-corrected chi connectivity index (χ1v) is 8.68. The number of hydrogen-bond donors (Lipinski definition) is 0. The zero-order chi connectivity index (χ0) is 14.2. The summed E-state index contributed by atoms with van der Waals surface area (Å²) >= 11 is 12.0. The number of ether oxygens (including phenoxy) is 1. The standard InChI is InChI=1S/C13H10Br3FOS/c1-6-3-11(19-13(6)16)12(15)7-4-8(14)9(17)5-10(7)18-2/h3-5,12H,1-2H3. The molecule has 1 nitrogen and oxygen atoms in total. The van der Waals surface area contributed by atoms with E-state index in [2.05, 4.69) is 53.9 Å². The van der Waals surface area contributed by atoms with Gasteiger partial charge in [-0.25, -0.2) is 4.39 Å². The summed E-state index contributed by atoms with van der Waals surface area (Å²) in [4.78, 5) is 1.11. The predicted molar refractivity (Wildman–Crippen MR) is 88.2 cm³/mol. The summed E-state index contributed by atoms with van der Waals surface area (Å²) in [7, 11) is 1.54. The van der Waals surface area contributed by atoms with Crippen LogP contribution >= 0.6 is 59.1 Å². The zero-order valence-electron chi connectivity index (χ0n) is 10.1. The molecule has 1 aromatic carbocycles. The Bertz CT molecular complexity index is 593. The number of halogens is 4. The minimum absolute atomic E-state index is 0.0330. The van der Waals surface area contributed by atoms with Crippen LogP contribution in [0.4, 0.5) is 4.39 Å². The maximum Gasteiger partial charge on any atom is 0.141 e. The molecule has 2 aromatic rings. The first-order chi connectivity index (χ1) is 8.93. The van der Waals surface area contributed by atoms with Crippen molar-refractivity contribution < 1.29 is 9.13 Å². The maximum absolute atomic E-state index is 13.5. The molecule has 0 fully saturated rings. The Hall–Kier alpha value is 0.0900. The minimum atomic E-state index is -0.330. The van der Waals surface area contributed by atoms with Crippen LogP contribution in [0.5, 0.6) is 5.75 Å². The van der Waals surface area contributed by atoms with Crippen molar-refractivity contribution in [3.8, 4) is 5.75 Å². The third-order valence-electron chi connectivity index (χ3n) is 2.67. The van der Waals surface area contributed by atoms with Gasteiger partial charge < -0.3 is 4.74 Å². The second kappa shape index (κ2) is 6.24. The van der Waals surface area contributed by atoms with E-state index in [1.165, 1.54) is 11.6 Å². The van der Waals surface area contributed by atoms with Crippen LogP contribution in [0, 0.1) is 12.7 Å². The van der Waals surface area contributed by atoms with Crippen LogP contribution in [0.1, 0.15) is 20.8 Å². The van der Waals surface area contributed by atoms with Crippen molar-refractivity contribution in [2.75, 3.05) is 7.11 Å². The Balaban J connectivity index is 2.48. The van der Waals surface area contributed by atoms with Crippen LogP contribution in [-0.2, 0) is 0 Å². The third-order valence-corrected chi connectivity index (χ3v) is 6.77. The third kappa shape index (κ3) is 3.23. The van der Waals surface area contributed by atoms with E-state index in [1.54, 1.807) is 24.5 Å². The summed E-state index contributed by atoms with van der Waals surface area (Å²) in [5.74, 6) is 0.202. The SMILES string of the molecule is COc1cc(F)c(Br)cc1C(Br)c1cc(C)c(Br)s1. The molecule has 0 N–H and O–H groups in total. The summed E-state index contributed by atoms with van der Waals surface area (Å²) in [6.07, 6.45) is 0. The monoisotopic (exact) mass is 470 g/mol. The van der Waals surface area contributed by atoms with Crippen molar-refractivity contribution in [1.82, 2.24) is 0 Å². The first-order valence-electron chi connectivity index (χ1n) is 5.37. The fourth-order valence-corrected chi connectivity index (χ4v) is 4.38. The average Bonchev–Trinajstić information content (AvgIpc) is 2.71. The maximum atomic E-state index is 13.5. The van der Waals surface area contributed by atoms with Crippen LogP contribution < -0.4 is 4.74 Å². The second-order valence-corrected chi connectivity index (χ2v) is 8.15. The summed E-state index contributed by atoms with van der Waals surface area (Å²) in [6.45, 7) is 2.04. The molecule has 2 rings (SSSR count). The number of rotatable bonds is 3. The quantitative estimate of drug-likeness (QED) is 0.482. The van der Waals surface area contributed by atoms with Gasteiger partial charge in [-0.3, -0.25) is 0 Å². The van der Waals surface area contributed by atoms with Crippen LogP contribution in [0.15, 0.2) is 26.5 Å². The van der Waals surface area contributed by atoms with Gasteiger partial charge >= 0.3 is 0 Å². The van der Waals surface area contributed by atoms with E-state index >= 15 is 0 Å². The molecule has 0 saturated carbocycles. The van der Waals surface area contributed by atoms with E-state index in [9.17, 15) is 4.39 Å². The number of aryl methyl sites for hydroxylation is 1. The number of methoxy groups -OCH3 is 1. The first kappa shape index (κ1) is 15.5. The molecule has 0 bridgehead atoms. The van der Waals surface area contributed by atoms with E-state index in [-0.39, 0.29) is 10.6 Å². The predicted octanol–water partition coefficient (Wildman–Crippen LogP) is 6.21. The second-order valence-electron chi connectivity index (χ2n) is 3.98. The van der Waals surface area contributed by atoms with Gasteiger partial charge in [-0.2, -0.15) is 0 Å². The molecular weight excluding hydrogens is 463 g/mol. The highest BCUT2D eigenvalue weighted by atomic mass is 79.9. The van der Waals surface area contributed by atoms with Crippen LogP contribution in [-0.4, -0.2) is 7.11 Å². The highest BCUT2D eigenvalue weighted by Gasteiger charge is 2.20. The molecule has 0 aliphatic heterocycles. The van der Waals surface area contributed by atoms with Crippen molar-refractivity contribution in [1.29, 1.82) is 0 Å². The van der Waals surface area contributed by atoms with Crippen molar-refractivity contribution >= 4 is 59.1 Å². The topological polar surface area (TPSA) is 9.23 Å². The zero-order valence-corrected chi connectivity index (χ0v) is 15.7.